The van der Waals surface area contributed by atoms with Gasteiger partial charge in [-0.05, 0) is 31.5 Å². The van der Waals surface area contributed by atoms with Gasteiger partial charge in [-0.2, -0.15) is 0 Å². The van der Waals surface area contributed by atoms with Crippen LogP contribution in [0.15, 0.2) is 12.1 Å². The van der Waals surface area contributed by atoms with Crippen molar-refractivity contribution in [3.63, 3.8) is 0 Å². The van der Waals surface area contributed by atoms with E-state index in [-0.39, 0.29) is 12.6 Å². The highest BCUT2D eigenvalue weighted by Gasteiger charge is 2.06. The topological polar surface area (TPSA) is 51.2 Å². The lowest BCUT2D eigenvalue weighted by atomic mass is 10.2. The molecule has 0 aliphatic rings. The Morgan fingerprint density at radius 1 is 1.50 bits per heavy atom. The lowest BCUT2D eigenvalue weighted by Gasteiger charge is -2.04. The van der Waals surface area contributed by atoms with Crippen molar-refractivity contribution in [2.45, 2.75) is 13.8 Å². The van der Waals surface area contributed by atoms with Crippen LogP contribution in [0, 0.1) is 13.8 Å². The number of amides is 1. The largest absolute Gasteiger partial charge is 0.364 e. The fourth-order valence-corrected chi connectivity index (χ4v) is 1.19. The van der Waals surface area contributed by atoms with E-state index in [1.165, 1.54) is 7.11 Å². The van der Waals surface area contributed by atoms with Crippen LogP contribution >= 0.6 is 0 Å². The molecule has 0 aliphatic heterocycles. The zero-order valence-electron chi connectivity index (χ0n) is 8.63. The summed E-state index contributed by atoms with van der Waals surface area (Å²) in [7, 11) is 1.52. The van der Waals surface area contributed by atoms with Crippen LogP contribution in [-0.2, 0) is 4.74 Å². The van der Waals surface area contributed by atoms with Gasteiger partial charge >= 0.3 is 0 Å². The van der Waals surface area contributed by atoms with Crippen molar-refractivity contribution in [3.8, 4) is 0 Å². The van der Waals surface area contributed by atoms with Crippen LogP contribution in [0.3, 0.4) is 0 Å². The Bertz CT molecular complexity index is 317. The van der Waals surface area contributed by atoms with E-state index in [0.29, 0.717) is 5.69 Å². The van der Waals surface area contributed by atoms with Crippen LogP contribution in [0.2, 0.25) is 0 Å². The third-order valence-electron chi connectivity index (χ3n) is 1.71. The quantitative estimate of drug-likeness (QED) is 0.731. The van der Waals surface area contributed by atoms with Gasteiger partial charge in [0.05, 0.1) is 0 Å². The lowest BCUT2D eigenvalue weighted by molar-refractivity contribution is 0.0867. The van der Waals surface area contributed by atoms with E-state index in [0.717, 1.165) is 11.3 Å². The SMILES string of the molecule is COCNC(=O)c1cc(C)cc(C)n1. The summed E-state index contributed by atoms with van der Waals surface area (Å²) in [5.41, 5.74) is 2.30. The number of aryl methyl sites for hydroxylation is 2. The highest BCUT2D eigenvalue weighted by atomic mass is 16.5. The average molecular weight is 194 g/mol. The normalized spacial score (nSPS) is 9.93. The molecule has 0 saturated heterocycles. The average Bonchev–Trinajstić information content (AvgIpc) is 2.12. The van der Waals surface area contributed by atoms with Gasteiger partial charge in [0.15, 0.2) is 0 Å². The summed E-state index contributed by atoms with van der Waals surface area (Å²) in [4.78, 5) is 15.6. The molecule has 0 bridgehead atoms. The van der Waals surface area contributed by atoms with Gasteiger partial charge in [0, 0.05) is 12.8 Å². The minimum atomic E-state index is -0.210. The van der Waals surface area contributed by atoms with Crippen molar-refractivity contribution in [1.82, 2.24) is 10.3 Å². The smallest absolute Gasteiger partial charge is 0.271 e. The molecule has 4 nitrogen and oxygen atoms in total. The first-order valence-corrected chi connectivity index (χ1v) is 4.36. The molecule has 0 radical (unpaired) electrons. The second kappa shape index (κ2) is 4.72. The van der Waals surface area contributed by atoms with Crippen molar-refractivity contribution in [2.24, 2.45) is 0 Å². The van der Waals surface area contributed by atoms with Crippen molar-refractivity contribution in [3.05, 3.63) is 29.1 Å². The van der Waals surface area contributed by atoms with E-state index in [2.05, 4.69) is 10.3 Å². The van der Waals surface area contributed by atoms with Crippen LogP contribution in [0.4, 0.5) is 0 Å². The van der Waals surface area contributed by atoms with E-state index in [4.69, 9.17) is 4.74 Å². The molecule has 0 atom stereocenters. The number of carbonyl (C=O) groups excluding carboxylic acids is 1. The maximum Gasteiger partial charge on any atom is 0.271 e. The standard InChI is InChI=1S/C10H14N2O2/c1-7-4-8(2)12-9(5-7)10(13)11-6-14-3/h4-5H,6H2,1-3H3,(H,11,13). The van der Waals surface area contributed by atoms with Gasteiger partial charge in [-0.1, -0.05) is 0 Å². The van der Waals surface area contributed by atoms with Crippen LogP contribution in [0.1, 0.15) is 21.7 Å². The van der Waals surface area contributed by atoms with E-state index >= 15 is 0 Å². The van der Waals surface area contributed by atoms with Gasteiger partial charge in [-0.15, -0.1) is 0 Å². The molecule has 0 spiro atoms. The molecule has 0 saturated carbocycles. The number of aromatic nitrogens is 1. The lowest BCUT2D eigenvalue weighted by Crippen LogP contribution is -2.26. The molecular weight excluding hydrogens is 180 g/mol. The summed E-state index contributed by atoms with van der Waals surface area (Å²) in [6.45, 7) is 4.00. The highest BCUT2D eigenvalue weighted by Crippen LogP contribution is 2.03. The molecule has 14 heavy (non-hydrogen) atoms. The Labute approximate surface area is 83.3 Å². The molecule has 0 fully saturated rings. The number of nitrogens with zero attached hydrogens (tertiary/aromatic N) is 1. The fourth-order valence-electron chi connectivity index (χ4n) is 1.19. The number of pyridine rings is 1. The number of rotatable bonds is 3. The summed E-state index contributed by atoms with van der Waals surface area (Å²) in [5, 5.41) is 2.58. The molecule has 1 rings (SSSR count). The van der Waals surface area contributed by atoms with Crippen LogP contribution in [-0.4, -0.2) is 24.7 Å². The number of ether oxygens (including phenoxy) is 1. The number of nitrogens with one attached hydrogen (secondary N) is 1. The number of hydrogen-bond acceptors (Lipinski definition) is 3. The molecule has 1 aromatic heterocycles. The molecule has 0 aliphatic carbocycles. The first kappa shape index (κ1) is 10.7. The number of hydrogen-bond donors (Lipinski definition) is 1. The Kier molecular flexibility index (Phi) is 3.59. The van der Waals surface area contributed by atoms with E-state index in [9.17, 15) is 4.79 Å². The maximum atomic E-state index is 11.5. The summed E-state index contributed by atoms with van der Waals surface area (Å²) in [6.07, 6.45) is 0. The zero-order valence-corrected chi connectivity index (χ0v) is 8.63. The molecule has 1 amide bonds. The highest BCUT2D eigenvalue weighted by molar-refractivity contribution is 5.92. The molecule has 4 heteroatoms. The Balaban J connectivity index is 2.79. The molecule has 0 aromatic carbocycles. The first-order chi connectivity index (χ1) is 6.63. The maximum absolute atomic E-state index is 11.5. The first-order valence-electron chi connectivity index (χ1n) is 4.36. The van der Waals surface area contributed by atoms with Gasteiger partial charge < -0.3 is 10.1 Å². The van der Waals surface area contributed by atoms with Gasteiger partial charge in [0.1, 0.15) is 12.4 Å². The van der Waals surface area contributed by atoms with Gasteiger partial charge in [-0.3, -0.25) is 4.79 Å². The summed E-state index contributed by atoms with van der Waals surface area (Å²) in [5.74, 6) is -0.210. The minimum Gasteiger partial charge on any atom is -0.364 e. The fraction of sp³-hybridized carbons (Fsp3) is 0.400. The van der Waals surface area contributed by atoms with Crippen molar-refractivity contribution in [2.75, 3.05) is 13.8 Å². The predicted molar refractivity (Wildman–Crippen MR) is 53.1 cm³/mol. The third kappa shape index (κ3) is 2.81. The van der Waals surface area contributed by atoms with E-state index in [1.807, 2.05) is 19.9 Å². The number of carbonyl (C=O) groups is 1. The van der Waals surface area contributed by atoms with E-state index < -0.39 is 0 Å². The van der Waals surface area contributed by atoms with Crippen LogP contribution in [0.25, 0.3) is 0 Å². The monoisotopic (exact) mass is 194 g/mol. The zero-order chi connectivity index (χ0) is 10.6. The molecule has 1 heterocycles. The van der Waals surface area contributed by atoms with Crippen molar-refractivity contribution in [1.29, 1.82) is 0 Å². The minimum absolute atomic E-state index is 0.202. The van der Waals surface area contributed by atoms with Gasteiger partial charge in [0.25, 0.3) is 5.91 Å². The summed E-state index contributed by atoms with van der Waals surface area (Å²) in [6, 6.07) is 3.67. The molecular formula is C10H14N2O2. The summed E-state index contributed by atoms with van der Waals surface area (Å²) < 4.78 is 4.73. The second-order valence-electron chi connectivity index (χ2n) is 3.11. The van der Waals surface area contributed by atoms with Crippen LogP contribution < -0.4 is 5.32 Å². The molecule has 1 aromatic rings. The summed E-state index contributed by atoms with van der Waals surface area (Å²) >= 11 is 0. The van der Waals surface area contributed by atoms with Crippen molar-refractivity contribution >= 4 is 5.91 Å². The van der Waals surface area contributed by atoms with Crippen LogP contribution in [0.5, 0.6) is 0 Å². The Hall–Kier alpha value is -1.42. The third-order valence-corrected chi connectivity index (χ3v) is 1.71. The van der Waals surface area contributed by atoms with Crippen molar-refractivity contribution < 1.29 is 9.53 Å². The molecule has 76 valence electrons. The predicted octanol–water partition coefficient (Wildman–Crippen LogP) is 1.03. The molecule has 0 unspecified atom stereocenters. The Morgan fingerprint density at radius 2 is 2.21 bits per heavy atom. The van der Waals surface area contributed by atoms with E-state index in [1.54, 1.807) is 6.07 Å². The Morgan fingerprint density at radius 3 is 2.79 bits per heavy atom. The molecule has 1 N–H and O–H groups in total. The van der Waals surface area contributed by atoms with Gasteiger partial charge in [0.2, 0.25) is 0 Å². The second-order valence-corrected chi connectivity index (χ2v) is 3.11. The number of methoxy groups -OCH3 is 1. The van der Waals surface area contributed by atoms with Gasteiger partial charge in [-0.25, -0.2) is 4.98 Å².